The minimum atomic E-state index is 0.632. The molecule has 56 heavy (non-hydrogen) atoms. The van der Waals surface area contributed by atoms with Crippen LogP contribution in [0.15, 0.2) is 206 Å². The molecule has 11 rings (SSSR count). The van der Waals surface area contributed by atoms with Crippen molar-refractivity contribution in [3.63, 3.8) is 0 Å². The number of benzene rings is 8. The van der Waals surface area contributed by atoms with E-state index >= 15 is 0 Å². The summed E-state index contributed by atoms with van der Waals surface area (Å²) in [5.41, 5.74) is 14.1. The third kappa shape index (κ3) is 5.31. The second-order valence-corrected chi connectivity index (χ2v) is 14.3. The molecule has 8 aromatic carbocycles. The Morgan fingerprint density at radius 1 is 0.268 bits per heavy atom. The summed E-state index contributed by atoms with van der Waals surface area (Å²) in [5, 5.41) is 4.70. The molecule has 0 aliphatic carbocycles. The van der Waals surface area contributed by atoms with E-state index in [1.165, 1.54) is 38.5 Å². The Labute approximate surface area is 324 Å². The first-order valence-corrected chi connectivity index (χ1v) is 19.0. The summed E-state index contributed by atoms with van der Waals surface area (Å²) in [7, 11) is 0. The third-order valence-corrected chi connectivity index (χ3v) is 10.9. The van der Waals surface area contributed by atoms with E-state index in [4.69, 9.17) is 9.97 Å². The maximum Gasteiger partial charge on any atom is 0.235 e. The van der Waals surface area contributed by atoms with Gasteiger partial charge in [-0.15, -0.1) is 0 Å². The van der Waals surface area contributed by atoms with Crippen molar-refractivity contribution < 1.29 is 0 Å². The molecule has 0 spiro atoms. The standard InChI is InChI=1S/C52H34N4/c1-4-15-35(16-5-1)37-27-29-38(30-28-37)46-34-47(40-20-14-19-39(31-40)36-17-6-2-7-18-36)54-52(53-46)56-49-26-13-11-24-43(49)45-32-50-44(33-51(45)56)42-23-10-12-25-48(42)55(50)41-21-8-3-9-22-41/h1-34H. The first kappa shape index (κ1) is 31.9. The average Bonchev–Trinajstić information content (AvgIpc) is 3.78. The molecule has 4 heteroatoms. The fourth-order valence-corrected chi connectivity index (χ4v) is 8.28. The van der Waals surface area contributed by atoms with Gasteiger partial charge in [0.05, 0.1) is 33.5 Å². The summed E-state index contributed by atoms with van der Waals surface area (Å²) in [6.45, 7) is 0. The van der Waals surface area contributed by atoms with Gasteiger partial charge in [0.2, 0.25) is 5.95 Å². The number of hydrogen-bond donors (Lipinski definition) is 0. The molecule has 0 N–H and O–H groups in total. The van der Waals surface area contributed by atoms with Gasteiger partial charge in [0.1, 0.15) is 0 Å². The van der Waals surface area contributed by atoms with Crippen molar-refractivity contribution in [2.24, 2.45) is 0 Å². The van der Waals surface area contributed by atoms with Gasteiger partial charge in [0, 0.05) is 38.4 Å². The molecule has 0 unspecified atom stereocenters. The lowest BCUT2D eigenvalue weighted by molar-refractivity contribution is 0.996. The maximum atomic E-state index is 5.41. The van der Waals surface area contributed by atoms with Crippen LogP contribution in [-0.2, 0) is 0 Å². The van der Waals surface area contributed by atoms with Gasteiger partial charge < -0.3 is 4.57 Å². The lowest BCUT2D eigenvalue weighted by Crippen LogP contribution is -2.04. The first-order chi connectivity index (χ1) is 27.8. The molecule has 3 heterocycles. The molecule has 11 aromatic rings. The molecule has 0 radical (unpaired) electrons. The Morgan fingerprint density at radius 3 is 1.36 bits per heavy atom. The monoisotopic (exact) mass is 714 g/mol. The largest absolute Gasteiger partial charge is 0.309 e. The van der Waals surface area contributed by atoms with E-state index in [1.54, 1.807) is 0 Å². The number of rotatable bonds is 6. The van der Waals surface area contributed by atoms with Gasteiger partial charge in [-0.05, 0) is 70.8 Å². The number of para-hydroxylation sites is 3. The second kappa shape index (κ2) is 13.1. The molecule has 0 saturated carbocycles. The number of nitrogens with zero attached hydrogens (tertiary/aromatic N) is 4. The zero-order valence-electron chi connectivity index (χ0n) is 30.4. The fourth-order valence-electron chi connectivity index (χ4n) is 8.28. The van der Waals surface area contributed by atoms with Crippen LogP contribution in [0.4, 0.5) is 0 Å². The van der Waals surface area contributed by atoms with Gasteiger partial charge in [-0.25, -0.2) is 9.97 Å². The summed E-state index contributed by atoms with van der Waals surface area (Å²) in [4.78, 5) is 10.8. The van der Waals surface area contributed by atoms with E-state index in [0.717, 1.165) is 55.6 Å². The Hall–Kier alpha value is -7.56. The maximum absolute atomic E-state index is 5.41. The normalized spacial score (nSPS) is 11.6. The Bertz CT molecular complexity index is 3220. The fraction of sp³-hybridized carbons (Fsp3) is 0. The topological polar surface area (TPSA) is 35.6 Å². The van der Waals surface area contributed by atoms with Gasteiger partial charge in [-0.3, -0.25) is 4.57 Å². The summed E-state index contributed by atoms with van der Waals surface area (Å²) in [5.74, 6) is 0.632. The molecular weight excluding hydrogens is 681 g/mol. The molecule has 0 fully saturated rings. The van der Waals surface area contributed by atoms with E-state index in [0.29, 0.717) is 5.95 Å². The smallest absolute Gasteiger partial charge is 0.235 e. The minimum absolute atomic E-state index is 0.632. The molecule has 0 aliphatic heterocycles. The van der Waals surface area contributed by atoms with Crippen molar-refractivity contribution in [1.29, 1.82) is 0 Å². The molecule has 0 atom stereocenters. The zero-order valence-corrected chi connectivity index (χ0v) is 30.4. The van der Waals surface area contributed by atoms with Crippen LogP contribution in [0.2, 0.25) is 0 Å². The molecule has 262 valence electrons. The molecule has 0 amide bonds. The van der Waals surface area contributed by atoms with Crippen LogP contribution in [0.25, 0.3) is 100 Å². The highest BCUT2D eigenvalue weighted by Crippen LogP contribution is 2.40. The van der Waals surface area contributed by atoms with Crippen LogP contribution in [0.1, 0.15) is 0 Å². The Balaban J connectivity index is 1.17. The van der Waals surface area contributed by atoms with Crippen molar-refractivity contribution in [2.75, 3.05) is 0 Å². The summed E-state index contributed by atoms with van der Waals surface area (Å²) < 4.78 is 4.63. The highest BCUT2D eigenvalue weighted by molar-refractivity contribution is 6.19. The van der Waals surface area contributed by atoms with Crippen LogP contribution >= 0.6 is 0 Å². The Kier molecular flexibility index (Phi) is 7.46. The third-order valence-electron chi connectivity index (χ3n) is 10.9. The highest BCUT2D eigenvalue weighted by atomic mass is 15.2. The van der Waals surface area contributed by atoms with Crippen LogP contribution in [-0.4, -0.2) is 19.1 Å². The quantitative estimate of drug-likeness (QED) is 0.172. The second-order valence-electron chi connectivity index (χ2n) is 14.3. The first-order valence-electron chi connectivity index (χ1n) is 19.0. The average molecular weight is 715 g/mol. The van der Waals surface area contributed by atoms with Gasteiger partial charge in [-0.2, -0.15) is 0 Å². The van der Waals surface area contributed by atoms with Gasteiger partial charge in [0.15, 0.2) is 0 Å². The molecule has 0 bridgehead atoms. The van der Waals surface area contributed by atoms with Crippen molar-refractivity contribution in [2.45, 2.75) is 0 Å². The highest BCUT2D eigenvalue weighted by Gasteiger charge is 2.21. The van der Waals surface area contributed by atoms with Crippen molar-refractivity contribution in [3.8, 4) is 56.4 Å². The lowest BCUT2D eigenvalue weighted by atomic mass is 10.00. The van der Waals surface area contributed by atoms with Crippen LogP contribution in [0.3, 0.4) is 0 Å². The summed E-state index contributed by atoms with van der Waals surface area (Å²) in [6, 6.07) is 73.2. The van der Waals surface area contributed by atoms with Crippen molar-refractivity contribution in [1.82, 2.24) is 19.1 Å². The molecule has 4 nitrogen and oxygen atoms in total. The predicted molar refractivity (Wildman–Crippen MR) is 232 cm³/mol. The zero-order chi connectivity index (χ0) is 37.0. The summed E-state index contributed by atoms with van der Waals surface area (Å²) >= 11 is 0. The molecular formula is C52H34N4. The van der Waals surface area contributed by atoms with E-state index in [9.17, 15) is 0 Å². The predicted octanol–water partition coefficient (Wildman–Crippen LogP) is 13.3. The summed E-state index contributed by atoms with van der Waals surface area (Å²) in [6.07, 6.45) is 0. The van der Waals surface area contributed by atoms with Crippen LogP contribution in [0, 0.1) is 0 Å². The number of aromatic nitrogens is 4. The lowest BCUT2D eigenvalue weighted by Gasteiger charge is -2.13. The molecule has 3 aromatic heterocycles. The van der Waals surface area contributed by atoms with E-state index in [1.807, 2.05) is 0 Å². The van der Waals surface area contributed by atoms with Crippen molar-refractivity contribution >= 4 is 43.6 Å². The van der Waals surface area contributed by atoms with Crippen LogP contribution < -0.4 is 0 Å². The van der Waals surface area contributed by atoms with Gasteiger partial charge in [0.25, 0.3) is 0 Å². The SMILES string of the molecule is c1ccc(-c2ccc(-c3cc(-c4cccc(-c5ccccc5)c4)nc(-n4c5ccccc5c5cc6c(cc54)c4ccccc4n6-c4ccccc4)n3)cc2)cc1. The van der Waals surface area contributed by atoms with E-state index < -0.39 is 0 Å². The van der Waals surface area contributed by atoms with Crippen LogP contribution in [0.5, 0.6) is 0 Å². The Morgan fingerprint density at radius 2 is 0.714 bits per heavy atom. The van der Waals surface area contributed by atoms with Gasteiger partial charge >= 0.3 is 0 Å². The molecule has 0 saturated heterocycles. The number of hydrogen-bond acceptors (Lipinski definition) is 2. The van der Waals surface area contributed by atoms with Gasteiger partial charge in [-0.1, -0.05) is 158 Å². The van der Waals surface area contributed by atoms with E-state index in [2.05, 4.69) is 215 Å². The van der Waals surface area contributed by atoms with E-state index in [-0.39, 0.29) is 0 Å². The number of fused-ring (bicyclic) bond motifs is 6. The van der Waals surface area contributed by atoms with Crippen molar-refractivity contribution in [3.05, 3.63) is 206 Å². The molecule has 0 aliphatic rings. The minimum Gasteiger partial charge on any atom is -0.309 e.